The van der Waals surface area contributed by atoms with Crippen molar-refractivity contribution in [2.45, 2.75) is 19.4 Å². The Labute approximate surface area is 212 Å². The summed E-state index contributed by atoms with van der Waals surface area (Å²) < 4.78 is 0. The first-order chi connectivity index (χ1) is 17.4. The fourth-order valence-electron chi connectivity index (χ4n) is 5.25. The first-order valence-electron chi connectivity index (χ1n) is 12.6. The van der Waals surface area contributed by atoms with Crippen LogP contribution in [0.25, 0.3) is 10.9 Å². The Morgan fingerprint density at radius 1 is 0.972 bits per heavy atom. The van der Waals surface area contributed by atoms with Gasteiger partial charge in [0.05, 0.1) is 17.2 Å². The van der Waals surface area contributed by atoms with Crippen molar-refractivity contribution in [3.8, 4) is 0 Å². The third kappa shape index (κ3) is 5.05. The number of aromatic nitrogens is 1. The molecule has 2 N–H and O–H groups in total. The van der Waals surface area contributed by atoms with Gasteiger partial charge in [0.25, 0.3) is 0 Å². The van der Waals surface area contributed by atoms with Crippen molar-refractivity contribution in [2.24, 2.45) is 0 Å². The maximum absolute atomic E-state index is 12.9. The third-order valence-corrected chi connectivity index (χ3v) is 7.35. The number of piperazine rings is 1. The minimum absolute atomic E-state index is 0.00987. The van der Waals surface area contributed by atoms with E-state index in [2.05, 4.69) is 62.6 Å². The highest BCUT2D eigenvalue weighted by Crippen LogP contribution is 2.31. The largest absolute Gasteiger partial charge is 0.374 e. The van der Waals surface area contributed by atoms with E-state index in [1.165, 1.54) is 16.8 Å². The standard InChI is InChI=1S/C28H34N6O2/c1-19-16-24(22-6-4-5-7-23(22)30-19)31-28(36)27(35)29-18-26(34-14-12-32(2)13-15-34)20-8-9-25-21(17-20)10-11-33(25)3/h4-9,16-17,26H,10-15,18H2,1-3H3,(H,29,35)(H,30,31,36). The number of carbonyl (C=O) groups excluding carboxylic acids is 2. The summed E-state index contributed by atoms with van der Waals surface area (Å²) in [4.78, 5) is 37.3. The fraction of sp³-hybridized carbons (Fsp3) is 0.393. The van der Waals surface area contributed by atoms with Gasteiger partial charge in [0.2, 0.25) is 0 Å². The van der Waals surface area contributed by atoms with Crippen LogP contribution in [0.2, 0.25) is 0 Å². The number of pyridine rings is 1. The van der Waals surface area contributed by atoms with Crippen LogP contribution in [0.1, 0.15) is 22.9 Å². The van der Waals surface area contributed by atoms with Crippen molar-refractivity contribution in [1.82, 2.24) is 20.1 Å². The van der Waals surface area contributed by atoms with E-state index in [9.17, 15) is 9.59 Å². The number of hydrogen-bond acceptors (Lipinski definition) is 6. The van der Waals surface area contributed by atoms with Crippen molar-refractivity contribution in [1.29, 1.82) is 0 Å². The number of nitrogens with one attached hydrogen (secondary N) is 2. The van der Waals surface area contributed by atoms with Crippen LogP contribution in [0.15, 0.2) is 48.5 Å². The molecule has 5 rings (SSSR count). The number of nitrogens with zero attached hydrogens (tertiary/aromatic N) is 4. The summed E-state index contributed by atoms with van der Waals surface area (Å²) in [6, 6.07) is 16.0. The zero-order valence-corrected chi connectivity index (χ0v) is 21.3. The zero-order chi connectivity index (χ0) is 25.2. The molecule has 3 aromatic rings. The third-order valence-electron chi connectivity index (χ3n) is 7.35. The van der Waals surface area contributed by atoms with Gasteiger partial charge in [-0.15, -0.1) is 0 Å². The number of hydrogen-bond donors (Lipinski definition) is 2. The van der Waals surface area contributed by atoms with E-state index in [0.29, 0.717) is 12.2 Å². The molecule has 188 valence electrons. The predicted molar refractivity (Wildman–Crippen MR) is 143 cm³/mol. The molecule has 1 atom stereocenters. The lowest BCUT2D eigenvalue weighted by molar-refractivity contribution is -0.136. The summed E-state index contributed by atoms with van der Waals surface area (Å²) in [5.41, 5.74) is 5.96. The molecule has 3 heterocycles. The summed E-state index contributed by atoms with van der Waals surface area (Å²) in [5.74, 6) is -1.30. The lowest BCUT2D eigenvalue weighted by atomic mass is 10.00. The van der Waals surface area contributed by atoms with E-state index in [4.69, 9.17) is 0 Å². The Bertz CT molecular complexity index is 1280. The Morgan fingerprint density at radius 2 is 1.75 bits per heavy atom. The zero-order valence-electron chi connectivity index (χ0n) is 21.3. The highest BCUT2D eigenvalue weighted by atomic mass is 16.2. The molecule has 0 radical (unpaired) electrons. The molecule has 2 amide bonds. The number of anilines is 2. The van der Waals surface area contributed by atoms with E-state index in [-0.39, 0.29) is 6.04 Å². The second-order valence-electron chi connectivity index (χ2n) is 9.91. The molecule has 0 bridgehead atoms. The maximum Gasteiger partial charge on any atom is 0.313 e. The molecule has 2 aliphatic heterocycles. The molecule has 8 nitrogen and oxygen atoms in total. The lowest BCUT2D eigenvalue weighted by Crippen LogP contribution is -2.49. The number of likely N-dealkylation sites (N-methyl/N-ethyl adjacent to an activating group) is 2. The van der Waals surface area contributed by atoms with Crippen molar-refractivity contribution < 1.29 is 9.59 Å². The van der Waals surface area contributed by atoms with Gasteiger partial charge in [0, 0.05) is 63.1 Å². The van der Waals surface area contributed by atoms with Crippen LogP contribution in [0.3, 0.4) is 0 Å². The van der Waals surface area contributed by atoms with Crippen molar-refractivity contribution >= 4 is 34.1 Å². The number of rotatable bonds is 5. The van der Waals surface area contributed by atoms with Gasteiger partial charge in [-0.1, -0.05) is 30.3 Å². The average molecular weight is 487 g/mol. The molecule has 2 aliphatic rings. The Balaban J connectivity index is 1.31. The van der Waals surface area contributed by atoms with E-state index >= 15 is 0 Å². The van der Waals surface area contributed by atoms with Crippen molar-refractivity contribution in [3.05, 3.63) is 65.4 Å². The molecule has 0 saturated carbocycles. The molecule has 36 heavy (non-hydrogen) atoms. The van der Waals surface area contributed by atoms with Gasteiger partial charge in [0.1, 0.15) is 0 Å². The van der Waals surface area contributed by atoms with Gasteiger partial charge >= 0.3 is 11.8 Å². The fourth-order valence-corrected chi connectivity index (χ4v) is 5.25. The second kappa shape index (κ2) is 10.2. The normalized spacial score (nSPS) is 17.1. The molecule has 0 aliphatic carbocycles. The second-order valence-corrected chi connectivity index (χ2v) is 9.91. The van der Waals surface area contributed by atoms with Gasteiger partial charge in [-0.2, -0.15) is 0 Å². The molecule has 1 saturated heterocycles. The summed E-state index contributed by atoms with van der Waals surface area (Å²) in [6.45, 7) is 7.07. The molecule has 8 heteroatoms. The van der Waals surface area contributed by atoms with Crippen LogP contribution >= 0.6 is 0 Å². The molecule has 1 fully saturated rings. The van der Waals surface area contributed by atoms with Gasteiger partial charge < -0.3 is 20.4 Å². The number of fused-ring (bicyclic) bond motifs is 2. The topological polar surface area (TPSA) is 80.8 Å². The monoisotopic (exact) mass is 486 g/mol. The number of benzene rings is 2. The number of carbonyl (C=O) groups is 2. The predicted octanol–water partition coefficient (Wildman–Crippen LogP) is 2.58. The molecule has 1 unspecified atom stereocenters. The maximum atomic E-state index is 12.9. The molecule has 1 aromatic heterocycles. The first kappa shape index (κ1) is 24.2. The van der Waals surface area contributed by atoms with E-state index in [1.54, 1.807) is 6.07 Å². The van der Waals surface area contributed by atoms with Crippen LogP contribution in [0.4, 0.5) is 11.4 Å². The molecular weight excluding hydrogens is 452 g/mol. The summed E-state index contributed by atoms with van der Waals surface area (Å²) in [7, 11) is 4.25. The molecule has 0 spiro atoms. The SMILES string of the molecule is Cc1cc(NC(=O)C(=O)NCC(c2ccc3c(c2)CCN3C)N2CCN(C)CC2)c2ccccc2n1. The van der Waals surface area contributed by atoms with Crippen LogP contribution in [-0.4, -0.2) is 80.0 Å². The summed E-state index contributed by atoms with van der Waals surface area (Å²) in [5, 5.41) is 6.52. The first-order valence-corrected chi connectivity index (χ1v) is 12.6. The average Bonchev–Trinajstić information content (AvgIpc) is 3.25. The van der Waals surface area contributed by atoms with Crippen LogP contribution in [0.5, 0.6) is 0 Å². The molecule has 2 aromatic carbocycles. The van der Waals surface area contributed by atoms with E-state index in [0.717, 1.165) is 55.7 Å². The van der Waals surface area contributed by atoms with Gasteiger partial charge in [-0.25, -0.2) is 0 Å². The van der Waals surface area contributed by atoms with E-state index in [1.807, 2.05) is 31.2 Å². The highest BCUT2D eigenvalue weighted by molar-refractivity contribution is 6.40. The highest BCUT2D eigenvalue weighted by Gasteiger charge is 2.27. The smallest absolute Gasteiger partial charge is 0.313 e. The van der Waals surface area contributed by atoms with Crippen LogP contribution < -0.4 is 15.5 Å². The van der Waals surface area contributed by atoms with Gasteiger partial charge in [-0.05, 0) is 49.7 Å². The van der Waals surface area contributed by atoms with E-state index < -0.39 is 11.8 Å². The van der Waals surface area contributed by atoms with Gasteiger partial charge in [-0.3, -0.25) is 19.5 Å². The summed E-state index contributed by atoms with van der Waals surface area (Å²) in [6.07, 6.45) is 1.03. The van der Waals surface area contributed by atoms with Crippen molar-refractivity contribution in [3.63, 3.8) is 0 Å². The quantitative estimate of drug-likeness (QED) is 0.540. The number of para-hydroxylation sites is 1. The molecular formula is C28H34N6O2. The number of amides is 2. The Kier molecular flexibility index (Phi) is 6.89. The lowest BCUT2D eigenvalue weighted by Gasteiger charge is -2.38. The van der Waals surface area contributed by atoms with Crippen LogP contribution in [0, 0.1) is 6.92 Å². The number of aryl methyl sites for hydroxylation is 1. The Morgan fingerprint density at radius 3 is 2.56 bits per heavy atom. The Hall–Kier alpha value is -3.49. The van der Waals surface area contributed by atoms with Crippen LogP contribution in [-0.2, 0) is 16.0 Å². The minimum atomic E-state index is -0.668. The van der Waals surface area contributed by atoms with Gasteiger partial charge in [0.15, 0.2) is 0 Å². The van der Waals surface area contributed by atoms with Crippen molar-refractivity contribution in [2.75, 3.05) is 63.6 Å². The minimum Gasteiger partial charge on any atom is -0.374 e. The summed E-state index contributed by atoms with van der Waals surface area (Å²) >= 11 is 0.